The summed E-state index contributed by atoms with van der Waals surface area (Å²) in [6.45, 7) is 0. The van der Waals surface area contributed by atoms with Gasteiger partial charge in [-0.25, -0.2) is 9.37 Å². The van der Waals surface area contributed by atoms with Gasteiger partial charge in [0.1, 0.15) is 10.8 Å². The highest BCUT2D eigenvalue weighted by molar-refractivity contribution is 8.01. The Balaban J connectivity index is 2.23. The van der Waals surface area contributed by atoms with Crippen LogP contribution in [0, 0.1) is 5.82 Å². The summed E-state index contributed by atoms with van der Waals surface area (Å²) in [6.07, 6.45) is 1.58. The van der Waals surface area contributed by atoms with Crippen LogP contribution in [0.15, 0.2) is 39.7 Å². The molecule has 0 unspecified atom stereocenters. The molecular formula is C9H7FN2S2. The van der Waals surface area contributed by atoms with E-state index >= 15 is 0 Å². The number of aromatic nitrogens is 1. The summed E-state index contributed by atoms with van der Waals surface area (Å²) >= 11 is 2.64. The fraction of sp³-hybridized carbons (Fsp3) is 0. The molecule has 0 saturated heterocycles. The van der Waals surface area contributed by atoms with Crippen LogP contribution in [0.1, 0.15) is 0 Å². The molecule has 0 saturated carbocycles. The molecule has 5 heteroatoms. The van der Waals surface area contributed by atoms with E-state index in [1.54, 1.807) is 24.4 Å². The lowest BCUT2D eigenvalue weighted by molar-refractivity contribution is 0.602. The van der Waals surface area contributed by atoms with Crippen molar-refractivity contribution >= 4 is 28.1 Å². The third kappa shape index (κ3) is 2.05. The summed E-state index contributed by atoms with van der Waals surface area (Å²) in [7, 11) is 0. The fourth-order valence-electron chi connectivity index (χ4n) is 0.939. The van der Waals surface area contributed by atoms with Crippen molar-refractivity contribution in [3.63, 3.8) is 0 Å². The molecule has 0 bridgehead atoms. The molecule has 1 heterocycles. The zero-order chi connectivity index (χ0) is 9.97. The summed E-state index contributed by atoms with van der Waals surface area (Å²) in [5.74, 6) is -0.230. The van der Waals surface area contributed by atoms with Crippen molar-refractivity contribution in [3.8, 4) is 0 Å². The predicted octanol–water partition coefficient (Wildman–Crippen LogP) is 3.02. The largest absolute Gasteiger partial charge is 0.389 e. The molecule has 0 radical (unpaired) electrons. The van der Waals surface area contributed by atoms with E-state index in [1.165, 1.54) is 29.2 Å². The number of anilines is 1. The SMILES string of the molecule is Nc1cnc(Sc2ccccc2F)s1. The van der Waals surface area contributed by atoms with Crippen LogP contribution in [0.5, 0.6) is 0 Å². The highest BCUT2D eigenvalue weighted by Gasteiger charge is 2.05. The normalized spacial score (nSPS) is 10.4. The van der Waals surface area contributed by atoms with E-state index in [2.05, 4.69) is 4.98 Å². The van der Waals surface area contributed by atoms with Crippen LogP contribution in [0.2, 0.25) is 0 Å². The van der Waals surface area contributed by atoms with Crippen molar-refractivity contribution in [2.75, 3.05) is 5.73 Å². The van der Waals surface area contributed by atoms with Crippen molar-refractivity contribution in [2.45, 2.75) is 9.24 Å². The highest BCUT2D eigenvalue weighted by Crippen LogP contribution is 2.33. The van der Waals surface area contributed by atoms with Crippen molar-refractivity contribution in [2.24, 2.45) is 0 Å². The van der Waals surface area contributed by atoms with Gasteiger partial charge >= 0.3 is 0 Å². The molecule has 0 spiro atoms. The molecule has 0 aliphatic carbocycles. The summed E-state index contributed by atoms with van der Waals surface area (Å²) < 4.78 is 14.0. The van der Waals surface area contributed by atoms with Gasteiger partial charge in [-0.05, 0) is 12.1 Å². The first-order valence-corrected chi connectivity index (χ1v) is 5.52. The van der Waals surface area contributed by atoms with Gasteiger partial charge in [-0.15, -0.1) is 0 Å². The Bertz CT molecular complexity index is 442. The molecule has 14 heavy (non-hydrogen) atoms. The lowest BCUT2D eigenvalue weighted by Crippen LogP contribution is -1.78. The Morgan fingerprint density at radius 2 is 2.14 bits per heavy atom. The van der Waals surface area contributed by atoms with E-state index in [0.717, 1.165) is 4.34 Å². The number of nitrogen functional groups attached to an aromatic ring is 1. The molecular weight excluding hydrogens is 219 g/mol. The average Bonchev–Trinajstić information content (AvgIpc) is 2.56. The van der Waals surface area contributed by atoms with Gasteiger partial charge in [0.05, 0.1) is 11.1 Å². The van der Waals surface area contributed by atoms with Gasteiger partial charge in [-0.1, -0.05) is 35.2 Å². The lowest BCUT2D eigenvalue weighted by Gasteiger charge is -1.97. The maximum absolute atomic E-state index is 13.2. The van der Waals surface area contributed by atoms with E-state index in [0.29, 0.717) is 9.90 Å². The molecule has 1 aromatic heterocycles. The number of rotatable bonds is 2. The third-order valence-corrected chi connectivity index (χ3v) is 3.49. The molecule has 2 rings (SSSR count). The molecule has 2 N–H and O–H groups in total. The van der Waals surface area contributed by atoms with Crippen molar-refractivity contribution in [3.05, 3.63) is 36.3 Å². The second kappa shape index (κ2) is 3.98. The van der Waals surface area contributed by atoms with Crippen LogP contribution in [0.25, 0.3) is 0 Å². The quantitative estimate of drug-likeness (QED) is 0.855. The molecule has 72 valence electrons. The average molecular weight is 226 g/mol. The number of nitrogens with two attached hydrogens (primary N) is 1. The van der Waals surface area contributed by atoms with Crippen LogP contribution < -0.4 is 5.73 Å². The van der Waals surface area contributed by atoms with Gasteiger partial charge in [-0.2, -0.15) is 0 Å². The number of benzene rings is 1. The summed E-state index contributed by atoms with van der Waals surface area (Å²) in [5.41, 5.74) is 5.52. The minimum Gasteiger partial charge on any atom is -0.389 e. The number of thiazole rings is 1. The smallest absolute Gasteiger partial charge is 0.156 e. The predicted molar refractivity (Wildman–Crippen MR) is 57.0 cm³/mol. The monoisotopic (exact) mass is 226 g/mol. The maximum atomic E-state index is 13.2. The Labute approximate surface area is 89.0 Å². The van der Waals surface area contributed by atoms with E-state index in [-0.39, 0.29) is 5.82 Å². The van der Waals surface area contributed by atoms with Gasteiger partial charge in [0.2, 0.25) is 0 Å². The molecule has 2 aromatic rings. The number of hydrogen-bond donors (Lipinski definition) is 1. The van der Waals surface area contributed by atoms with Crippen molar-refractivity contribution < 1.29 is 4.39 Å². The highest BCUT2D eigenvalue weighted by atomic mass is 32.2. The van der Waals surface area contributed by atoms with Gasteiger partial charge in [0.15, 0.2) is 4.34 Å². The number of halogens is 1. The Morgan fingerprint density at radius 1 is 1.36 bits per heavy atom. The lowest BCUT2D eigenvalue weighted by atomic mass is 10.4. The number of hydrogen-bond acceptors (Lipinski definition) is 4. The van der Waals surface area contributed by atoms with Gasteiger partial charge < -0.3 is 5.73 Å². The topological polar surface area (TPSA) is 38.9 Å². The summed E-state index contributed by atoms with van der Waals surface area (Å²) in [6, 6.07) is 6.61. The van der Waals surface area contributed by atoms with Crippen LogP contribution in [-0.2, 0) is 0 Å². The molecule has 2 nitrogen and oxygen atoms in total. The fourth-order valence-corrected chi connectivity index (χ4v) is 2.68. The molecule has 1 aromatic carbocycles. The second-order valence-electron chi connectivity index (χ2n) is 2.56. The first-order valence-electron chi connectivity index (χ1n) is 3.89. The Kier molecular flexibility index (Phi) is 2.69. The molecule has 0 fully saturated rings. The first kappa shape index (κ1) is 9.48. The zero-order valence-electron chi connectivity index (χ0n) is 7.11. The van der Waals surface area contributed by atoms with Crippen LogP contribution in [0.3, 0.4) is 0 Å². The molecule has 0 aliphatic heterocycles. The minimum atomic E-state index is -0.230. The van der Waals surface area contributed by atoms with E-state index in [4.69, 9.17) is 5.73 Å². The summed E-state index contributed by atoms with van der Waals surface area (Å²) in [5, 5.41) is 0.642. The number of nitrogens with zero attached hydrogens (tertiary/aromatic N) is 1. The van der Waals surface area contributed by atoms with Crippen molar-refractivity contribution in [1.29, 1.82) is 0 Å². The van der Waals surface area contributed by atoms with Crippen LogP contribution in [-0.4, -0.2) is 4.98 Å². The first-order chi connectivity index (χ1) is 6.75. The van der Waals surface area contributed by atoms with E-state index < -0.39 is 0 Å². The summed E-state index contributed by atoms with van der Waals surface area (Å²) in [4.78, 5) is 4.61. The Morgan fingerprint density at radius 3 is 2.79 bits per heavy atom. The minimum absolute atomic E-state index is 0.230. The second-order valence-corrected chi connectivity index (χ2v) is 4.91. The van der Waals surface area contributed by atoms with E-state index in [1.807, 2.05) is 0 Å². The Hall–Kier alpha value is -1.07. The molecule has 0 aliphatic rings. The van der Waals surface area contributed by atoms with E-state index in [9.17, 15) is 4.39 Å². The van der Waals surface area contributed by atoms with Gasteiger partial charge in [0.25, 0.3) is 0 Å². The zero-order valence-corrected chi connectivity index (χ0v) is 8.74. The van der Waals surface area contributed by atoms with Crippen LogP contribution in [0.4, 0.5) is 9.39 Å². The van der Waals surface area contributed by atoms with Crippen LogP contribution >= 0.6 is 23.1 Å². The maximum Gasteiger partial charge on any atom is 0.156 e. The van der Waals surface area contributed by atoms with Gasteiger partial charge in [0, 0.05) is 0 Å². The molecule has 0 atom stereocenters. The molecule has 0 amide bonds. The standard InChI is InChI=1S/C9H7FN2S2/c10-6-3-1-2-4-7(6)13-9-12-5-8(11)14-9/h1-5H,11H2. The van der Waals surface area contributed by atoms with Gasteiger partial charge in [-0.3, -0.25) is 0 Å². The van der Waals surface area contributed by atoms with Crippen molar-refractivity contribution in [1.82, 2.24) is 4.98 Å². The third-order valence-electron chi connectivity index (χ3n) is 1.54.